The molecule has 1 aromatic carbocycles. The molecule has 0 fully saturated rings. The normalized spacial score (nSPS) is 10.4. The summed E-state index contributed by atoms with van der Waals surface area (Å²) in [6.07, 6.45) is 0. The first-order valence-electron chi connectivity index (χ1n) is 7.10. The summed E-state index contributed by atoms with van der Waals surface area (Å²) in [5, 5.41) is 4.57. The van der Waals surface area contributed by atoms with E-state index in [2.05, 4.69) is 5.32 Å². The summed E-state index contributed by atoms with van der Waals surface area (Å²) in [4.78, 5) is 25.0. The largest absolute Gasteiger partial charge is 0.347 e. The third-order valence-corrected chi connectivity index (χ3v) is 4.64. The first-order valence-corrected chi connectivity index (χ1v) is 8.39. The number of benzene rings is 1. The number of amides is 2. The Hall–Kier alpha value is -1.99. The molecule has 1 N–H and O–H groups in total. The summed E-state index contributed by atoms with van der Waals surface area (Å²) in [7, 11) is 3.30. The van der Waals surface area contributed by atoms with Crippen LogP contribution >= 0.6 is 23.6 Å². The Balaban J connectivity index is 2.13. The highest BCUT2D eigenvalue weighted by molar-refractivity contribution is 7.73. The lowest BCUT2D eigenvalue weighted by Crippen LogP contribution is -2.37. The number of thiazole rings is 1. The van der Waals surface area contributed by atoms with Crippen LogP contribution in [0.1, 0.15) is 5.56 Å². The van der Waals surface area contributed by atoms with Crippen molar-refractivity contribution in [1.29, 1.82) is 0 Å². The number of aromatic nitrogens is 1. The van der Waals surface area contributed by atoms with Crippen molar-refractivity contribution in [3.8, 4) is 11.3 Å². The zero-order valence-electron chi connectivity index (χ0n) is 13.3. The van der Waals surface area contributed by atoms with Gasteiger partial charge in [-0.1, -0.05) is 29.8 Å². The molecular weight excluding hydrogens is 330 g/mol. The van der Waals surface area contributed by atoms with Gasteiger partial charge in [0, 0.05) is 19.5 Å². The van der Waals surface area contributed by atoms with Gasteiger partial charge in [0.2, 0.25) is 11.8 Å². The van der Waals surface area contributed by atoms with Gasteiger partial charge in [0.05, 0.1) is 12.2 Å². The van der Waals surface area contributed by atoms with E-state index in [0.717, 1.165) is 11.3 Å². The van der Waals surface area contributed by atoms with E-state index in [1.165, 1.54) is 21.8 Å². The second-order valence-electron chi connectivity index (χ2n) is 5.40. The second-order valence-corrected chi connectivity index (χ2v) is 6.91. The molecule has 0 aliphatic heterocycles. The van der Waals surface area contributed by atoms with Gasteiger partial charge in [-0.3, -0.25) is 9.59 Å². The van der Waals surface area contributed by atoms with Crippen molar-refractivity contribution >= 4 is 35.4 Å². The molecule has 122 valence electrons. The van der Waals surface area contributed by atoms with Gasteiger partial charge in [-0.25, -0.2) is 0 Å². The summed E-state index contributed by atoms with van der Waals surface area (Å²) in [5.41, 5.74) is 3.10. The predicted molar refractivity (Wildman–Crippen MR) is 95.0 cm³/mol. The van der Waals surface area contributed by atoms with Gasteiger partial charge in [-0.2, -0.15) is 0 Å². The van der Waals surface area contributed by atoms with E-state index < -0.39 is 0 Å². The standard InChI is InChI=1S/C16H19N3O2S2/c1-11-4-6-12(7-5-11)13-10-23-16(22)19(13)9-14(20)17-8-15(21)18(2)3/h4-7,10H,8-9H2,1-3H3,(H,17,20). The highest BCUT2D eigenvalue weighted by Crippen LogP contribution is 2.24. The fourth-order valence-electron chi connectivity index (χ4n) is 1.96. The third kappa shape index (κ3) is 4.49. The van der Waals surface area contributed by atoms with Gasteiger partial charge in [0.25, 0.3) is 0 Å². The van der Waals surface area contributed by atoms with E-state index in [9.17, 15) is 9.59 Å². The molecule has 0 spiro atoms. The van der Waals surface area contributed by atoms with Crippen LogP contribution in [0.15, 0.2) is 29.6 Å². The van der Waals surface area contributed by atoms with Gasteiger partial charge in [0.1, 0.15) is 6.54 Å². The molecule has 0 saturated heterocycles. The second kappa shape index (κ2) is 7.52. The van der Waals surface area contributed by atoms with Crippen LogP contribution in [0.25, 0.3) is 11.3 Å². The van der Waals surface area contributed by atoms with Crippen molar-refractivity contribution in [2.75, 3.05) is 20.6 Å². The molecule has 7 heteroatoms. The van der Waals surface area contributed by atoms with E-state index in [1.807, 2.05) is 36.6 Å². The minimum absolute atomic E-state index is 0.0108. The lowest BCUT2D eigenvalue weighted by Gasteiger charge is -2.12. The summed E-state index contributed by atoms with van der Waals surface area (Å²) < 4.78 is 2.43. The Morgan fingerprint density at radius 3 is 2.52 bits per heavy atom. The van der Waals surface area contributed by atoms with Gasteiger partial charge in [-0.15, -0.1) is 11.3 Å². The Morgan fingerprint density at radius 1 is 1.26 bits per heavy atom. The predicted octanol–water partition coefficient (Wildman–Crippen LogP) is 2.46. The maximum Gasteiger partial charge on any atom is 0.241 e. The number of likely N-dealkylation sites (N-methyl/N-ethyl adjacent to an activating group) is 1. The van der Waals surface area contributed by atoms with Crippen molar-refractivity contribution in [1.82, 2.24) is 14.8 Å². The van der Waals surface area contributed by atoms with Gasteiger partial charge < -0.3 is 14.8 Å². The molecule has 0 saturated carbocycles. The summed E-state index contributed by atoms with van der Waals surface area (Å²) in [6.45, 7) is 2.12. The summed E-state index contributed by atoms with van der Waals surface area (Å²) in [6, 6.07) is 8.07. The highest BCUT2D eigenvalue weighted by Gasteiger charge is 2.12. The number of rotatable bonds is 5. The topological polar surface area (TPSA) is 54.3 Å². The van der Waals surface area contributed by atoms with Crippen molar-refractivity contribution in [2.45, 2.75) is 13.5 Å². The SMILES string of the molecule is Cc1ccc(-c2csc(=S)n2CC(=O)NCC(=O)N(C)C)cc1. The van der Waals surface area contributed by atoms with E-state index >= 15 is 0 Å². The van der Waals surface area contributed by atoms with Crippen LogP contribution in [0.2, 0.25) is 0 Å². The molecule has 0 unspecified atom stereocenters. The molecular formula is C16H19N3O2S2. The van der Waals surface area contributed by atoms with Crippen LogP contribution < -0.4 is 5.32 Å². The molecule has 1 aromatic heterocycles. The van der Waals surface area contributed by atoms with Gasteiger partial charge in [0.15, 0.2) is 3.95 Å². The van der Waals surface area contributed by atoms with Crippen LogP contribution in [0, 0.1) is 10.9 Å². The summed E-state index contributed by atoms with van der Waals surface area (Å²) >= 11 is 6.74. The van der Waals surface area contributed by atoms with Crippen molar-refractivity contribution in [3.63, 3.8) is 0 Å². The third-order valence-electron chi connectivity index (χ3n) is 3.37. The molecule has 2 aromatic rings. The van der Waals surface area contributed by atoms with Crippen molar-refractivity contribution in [3.05, 3.63) is 39.2 Å². The van der Waals surface area contributed by atoms with E-state index in [1.54, 1.807) is 18.7 Å². The molecule has 0 aliphatic carbocycles. The average Bonchev–Trinajstić information content (AvgIpc) is 2.86. The maximum absolute atomic E-state index is 12.1. The number of carbonyl (C=O) groups excluding carboxylic acids is 2. The van der Waals surface area contributed by atoms with Crippen molar-refractivity contribution in [2.24, 2.45) is 0 Å². The molecule has 0 bridgehead atoms. The molecule has 0 radical (unpaired) electrons. The van der Waals surface area contributed by atoms with Crippen LogP contribution in [0.5, 0.6) is 0 Å². The molecule has 0 atom stereocenters. The molecule has 2 amide bonds. The van der Waals surface area contributed by atoms with Crippen LogP contribution in [0.4, 0.5) is 0 Å². The number of carbonyl (C=O) groups is 2. The van der Waals surface area contributed by atoms with Crippen LogP contribution in [-0.2, 0) is 16.1 Å². The minimum Gasteiger partial charge on any atom is -0.347 e. The van der Waals surface area contributed by atoms with E-state index in [0.29, 0.717) is 3.95 Å². The highest BCUT2D eigenvalue weighted by atomic mass is 32.1. The minimum atomic E-state index is -0.233. The first kappa shape index (κ1) is 17.4. The van der Waals surface area contributed by atoms with E-state index in [4.69, 9.17) is 12.2 Å². The van der Waals surface area contributed by atoms with Gasteiger partial charge in [-0.05, 0) is 24.7 Å². The van der Waals surface area contributed by atoms with E-state index in [-0.39, 0.29) is 24.9 Å². The summed E-state index contributed by atoms with van der Waals surface area (Å²) in [5.74, 6) is -0.380. The average molecular weight is 349 g/mol. The molecule has 1 heterocycles. The van der Waals surface area contributed by atoms with Gasteiger partial charge >= 0.3 is 0 Å². The maximum atomic E-state index is 12.1. The van der Waals surface area contributed by atoms with Crippen LogP contribution in [-0.4, -0.2) is 41.9 Å². The van der Waals surface area contributed by atoms with Crippen LogP contribution in [0.3, 0.4) is 0 Å². The fourth-order valence-corrected chi connectivity index (χ4v) is 3.03. The zero-order chi connectivity index (χ0) is 17.0. The lowest BCUT2D eigenvalue weighted by molar-refractivity contribution is -0.131. The number of nitrogens with zero attached hydrogens (tertiary/aromatic N) is 2. The number of nitrogens with one attached hydrogen (secondary N) is 1. The Kier molecular flexibility index (Phi) is 5.68. The molecule has 2 rings (SSSR count). The van der Waals surface area contributed by atoms with Crippen molar-refractivity contribution < 1.29 is 9.59 Å². The number of hydrogen-bond acceptors (Lipinski definition) is 4. The monoisotopic (exact) mass is 349 g/mol. The molecule has 5 nitrogen and oxygen atoms in total. The molecule has 23 heavy (non-hydrogen) atoms. The fraction of sp³-hybridized carbons (Fsp3) is 0.312. The first-order chi connectivity index (χ1) is 10.9. The number of aryl methyl sites for hydroxylation is 1. The quantitative estimate of drug-likeness (QED) is 0.844. The Bertz CT molecular complexity index is 760. The number of hydrogen-bond donors (Lipinski definition) is 1. The Labute approximate surface area is 144 Å². The molecule has 0 aliphatic rings. The Morgan fingerprint density at radius 2 is 1.91 bits per heavy atom. The zero-order valence-corrected chi connectivity index (χ0v) is 15.0. The lowest BCUT2D eigenvalue weighted by atomic mass is 10.1. The smallest absolute Gasteiger partial charge is 0.241 e.